The average Bonchev–Trinajstić information content (AvgIpc) is 3.76. The lowest BCUT2D eigenvalue weighted by molar-refractivity contribution is 0.239. The zero-order chi connectivity index (χ0) is 56.4. The highest BCUT2D eigenvalue weighted by molar-refractivity contribution is 5.87. The van der Waals surface area contributed by atoms with Crippen LogP contribution in [0.3, 0.4) is 0 Å². The van der Waals surface area contributed by atoms with Crippen LogP contribution in [0.15, 0.2) is 232 Å². The van der Waals surface area contributed by atoms with E-state index in [-0.39, 0.29) is 36.5 Å². The zero-order valence-electron chi connectivity index (χ0n) is 49.8. The molecule has 6 heteroatoms. The molecule has 1 heterocycles. The van der Waals surface area contributed by atoms with E-state index < -0.39 is 0 Å². The summed E-state index contributed by atoms with van der Waals surface area (Å²) in [6.07, 6.45) is 80.1. The van der Waals surface area contributed by atoms with Crippen LogP contribution < -0.4 is 21.7 Å². The molecule has 84 heavy (non-hydrogen) atoms. The Morgan fingerprint density at radius 2 is 1.43 bits per heavy atom. The number of rotatable bonds is 16. The minimum Gasteiger partial charge on any atom is -0.358 e. The third-order valence-corrected chi connectivity index (χ3v) is 20.8. The van der Waals surface area contributed by atoms with Crippen molar-refractivity contribution < 1.29 is 0 Å². The van der Waals surface area contributed by atoms with E-state index >= 15 is 0 Å². The van der Waals surface area contributed by atoms with E-state index in [0.29, 0.717) is 41.4 Å². The molecule has 2 aromatic carbocycles. The number of hydrogen-bond acceptors (Lipinski definition) is 6. The van der Waals surface area contributed by atoms with Crippen LogP contribution in [0.4, 0.5) is 0 Å². The standard InChI is InChI=1S/C78H92N6/c79-74(71-46-18-15-43-68(71)55-27-7-2-8-28-55)81-75(80-53-66-33-13-14-42-67(66)54-25-5-1-6-26-54)64-40-23-38-62(51-64)60-36-21-34-58(49-60)59-35-22-37-61(50-59)63-39-24-41-65(52-63)76-82-77(72-47-19-16-44-69(72)56-29-9-3-10-30-56)84-78(83-76)73-48-20-17-45-70(73)57-31-11-4-12-32-57/h2-3,7-9,11,13-15,17-18,20-22,24-25,27,29,31,34-37,39,41-42,44,46-47,49-50,53,55,57,62,64-66,68,70,73-77,81-82H,1,4-6,10,12,16,19,23,26,28,30,32-33,38,40,43,45,48,51-52,79H2,(H,83,84). The van der Waals surface area contributed by atoms with Crippen molar-refractivity contribution in [1.82, 2.24) is 16.0 Å². The summed E-state index contributed by atoms with van der Waals surface area (Å²) in [7, 11) is 0. The van der Waals surface area contributed by atoms with Crippen molar-refractivity contribution in [3.8, 4) is 11.1 Å². The molecule has 5 N–H and O–H groups in total. The van der Waals surface area contributed by atoms with Crippen LogP contribution in [0.25, 0.3) is 16.7 Å². The number of nitrogens with zero attached hydrogens (tertiary/aromatic N) is 2. The van der Waals surface area contributed by atoms with E-state index in [1.54, 1.807) is 0 Å². The van der Waals surface area contributed by atoms with E-state index in [4.69, 9.17) is 15.7 Å². The Kier molecular flexibility index (Phi) is 18.4. The Morgan fingerprint density at radius 1 is 0.595 bits per heavy atom. The molecular formula is C78H92N6. The molecule has 6 nitrogen and oxygen atoms in total. The van der Waals surface area contributed by atoms with Crippen molar-refractivity contribution in [1.29, 1.82) is 0 Å². The monoisotopic (exact) mass is 1110 g/mol. The van der Waals surface area contributed by atoms with Gasteiger partial charge in [0.1, 0.15) is 18.2 Å². The summed E-state index contributed by atoms with van der Waals surface area (Å²) in [5.41, 5.74) is 22.6. The van der Waals surface area contributed by atoms with Crippen LogP contribution in [0.5, 0.6) is 0 Å². The summed E-state index contributed by atoms with van der Waals surface area (Å²) in [6.45, 7) is 0. The quantitative estimate of drug-likeness (QED) is 0.0766. The van der Waals surface area contributed by atoms with Gasteiger partial charge in [-0.3, -0.25) is 15.6 Å². The number of nitrogens with two attached hydrogens (primary N) is 1. The minimum atomic E-state index is -0.272. The van der Waals surface area contributed by atoms with Crippen LogP contribution in [-0.4, -0.2) is 36.7 Å². The molecule has 13 rings (SSSR count). The largest absolute Gasteiger partial charge is 0.358 e. The number of benzene rings is 2. The SMILES string of the molecule is NC(NC(N=CC1CC=CC=C1C1=CCCCC1)C1CCCC(c2cccc(-c3cccc(C4=CC=CC(C5NC(C6CC=CCC6C6C=CCCC6)=NC(C6=CCCC=C6C6=CC=CCC6)N5)C4)c3)c2)C1)C1=CC=CCC1C1C=CC=CC1. The molecule has 1 saturated carbocycles. The molecule has 434 valence electrons. The normalized spacial score (nSPS) is 32.1. The number of nitrogens with one attached hydrogen (secondary N) is 3. The highest BCUT2D eigenvalue weighted by atomic mass is 15.3. The first-order chi connectivity index (χ1) is 41.6. The fraction of sp³-hybridized carbons (Fsp3) is 0.436. The highest BCUT2D eigenvalue weighted by Gasteiger charge is 2.40. The Labute approximate surface area is 503 Å². The average molecular weight is 1110 g/mol. The van der Waals surface area contributed by atoms with Gasteiger partial charge in [-0.2, -0.15) is 0 Å². The van der Waals surface area contributed by atoms with Gasteiger partial charge in [0.15, 0.2) is 0 Å². The summed E-state index contributed by atoms with van der Waals surface area (Å²) in [5.74, 6) is 4.93. The lowest BCUT2D eigenvalue weighted by atomic mass is 9.71. The molecule has 11 aliphatic rings. The van der Waals surface area contributed by atoms with Gasteiger partial charge in [-0.1, -0.05) is 189 Å². The molecule has 0 aromatic heterocycles. The molecule has 10 aliphatic carbocycles. The van der Waals surface area contributed by atoms with Crippen LogP contribution in [0, 0.1) is 47.3 Å². The van der Waals surface area contributed by atoms with E-state index in [9.17, 15) is 0 Å². The summed E-state index contributed by atoms with van der Waals surface area (Å²) in [4.78, 5) is 11.4. The van der Waals surface area contributed by atoms with Crippen LogP contribution in [0.1, 0.15) is 152 Å². The first kappa shape index (κ1) is 56.7. The van der Waals surface area contributed by atoms with Crippen molar-refractivity contribution in [2.45, 2.75) is 165 Å². The van der Waals surface area contributed by atoms with Gasteiger partial charge in [0, 0.05) is 24.0 Å². The number of amidine groups is 1. The minimum absolute atomic E-state index is 0.0450. The second-order valence-electron chi connectivity index (χ2n) is 26.1. The Balaban J connectivity index is 0.732. The molecule has 0 spiro atoms. The van der Waals surface area contributed by atoms with E-state index in [1.165, 1.54) is 125 Å². The Hall–Kier alpha value is -6.44. The molecule has 0 radical (unpaired) electrons. The van der Waals surface area contributed by atoms with E-state index in [1.807, 2.05) is 0 Å². The number of allylic oxidation sites excluding steroid dienone is 26. The summed E-state index contributed by atoms with van der Waals surface area (Å²) in [6, 6.07) is 18.9. The van der Waals surface area contributed by atoms with Gasteiger partial charge in [-0.05, 0) is 231 Å². The summed E-state index contributed by atoms with van der Waals surface area (Å²) >= 11 is 0. The lowest BCUT2D eigenvalue weighted by Gasteiger charge is -2.43. The van der Waals surface area contributed by atoms with Gasteiger partial charge >= 0.3 is 0 Å². The molecule has 0 saturated heterocycles. The van der Waals surface area contributed by atoms with Gasteiger partial charge in [-0.25, -0.2) is 4.99 Å². The second-order valence-corrected chi connectivity index (χ2v) is 26.1. The van der Waals surface area contributed by atoms with E-state index in [2.05, 4.69) is 210 Å². The first-order valence-corrected chi connectivity index (χ1v) is 33.1. The van der Waals surface area contributed by atoms with Crippen molar-refractivity contribution in [2.75, 3.05) is 0 Å². The fourth-order valence-corrected chi connectivity index (χ4v) is 16.3. The zero-order valence-corrected chi connectivity index (χ0v) is 49.8. The van der Waals surface area contributed by atoms with Gasteiger partial charge in [0.05, 0.1) is 12.3 Å². The maximum atomic E-state index is 7.38. The molecule has 13 atom stereocenters. The van der Waals surface area contributed by atoms with Gasteiger partial charge < -0.3 is 11.1 Å². The maximum absolute atomic E-state index is 7.38. The van der Waals surface area contributed by atoms with Crippen molar-refractivity contribution >= 4 is 17.6 Å². The van der Waals surface area contributed by atoms with Gasteiger partial charge in [0.25, 0.3) is 0 Å². The second kappa shape index (κ2) is 27.3. The molecule has 0 bridgehead atoms. The number of aliphatic imine (C=N–C) groups is 2. The molecular weight excluding hydrogens is 1020 g/mol. The predicted molar refractivity (Wildman–Crippen MR) is 354 cm³/mol. The fourth-order valence-electron chi connectivity index (χ4n) is 16.3. The smallest absolute Gasteiger partial charge is 0.129 e. The lowest BCUT2D eigenvalue weighted by Crippen LogP contribution is -2.60. The van der Waals surface area contributed by atoms with Crippen LogP contribution >= 0.6 is 0 Å². The number of hydrogen-bond donors (Lipinski definition) is 4. The van der Waals surface area contributed by atoms with E-state index in [0.717, 1.165) is 77.0 Å². The topological polar surface area (TPSA) is 86.8 Å². The van der Waals surface area contributed by atoms with Crippen molar-refractivity contribution in [3.63, 3.8) is 0 Å². The van der Waals surface area contributed by atoms with Crippen molar-refractivity contribution in [2.24, 2.45) is 63.1 Å². The van der Waals surface area contributed by atoms with Gasteiger partial charge in [-0.15, -0.1) is 0 Å². The van der Waals surface area contributed by atoms with Gasteiger partial charge in [0.2, 0.25) is 0 Å². The third kappa shape index (κ3) is 13.2. The molecule has 0 amide bonds. The van der Waals surface area contributed by atoms with Crippen LogP contribution in [-0.2, 0) is 0 Å². The Bertz CT molecular complexity index is 3260. The van der Waals surface area contributed by atoms with Crippen molar-refractivity contribution in [3.05, 3.63) is 233 Å². The molecule has 2 aromatic rings. The summed E-state index contributed by atoms with van der Waals surface area (Å²) < 4.78 is 0. The Morgan fingerprint density at radius 3 is 2.31 bits per heavy atom. The third-order valence-electron chi connectivity index (χ3n) is 20.8. The first-order valence-electron chi connectivity index (χ1n) is 33.1. The highest BCUT2D eigenvalue weighted by Crippen LogP contribution is 2.44. The summed E-state index contributed by atoms with van der Waals surface area (Å²) in [5, 5.41) is 12.3. The van der Waals surface area contributed by atoms with Crippen LogP contribution in [0.2, 0.25) is 0 Å². The predicted octanol–water partition coefficient (Wildman–Crippen LogP) is 17.6. The molecule has 1 fully saturated rings. The maximum Gasteiger partial charge on any atom is 0.129 e. The molecule has 13 unspecified atom stereocenters. The molecule has 1 aliphatic heterocycles.